The van der Waals surface area contributed by atoms with E-state index in [1.165, 1.54) is 0 Å². The van der Waals surface area contributed by atoms with Crippen LogP contribution >= 0.6 is 11.8 Å². The van der Waals surface area contributed by atoms with Gasteiger partial charge in [-0.25, -0.2) is 13.1 Å². The van der Waals surface area contributed by atoms with Crippen LogP contribution in [0.2, 0.25) is 0 Å². The molecule has 0 aliphatic carbocycles. The lowest BCUT2D eigenvalue weighted by molar-refractivity contribution is -0.150. The van der Waals surface area contributed by atoms with Crippen molar-refractivity contribution >= 4 is 33.7 Å². The van der Waals surface area contributed by atoms with Gasteiger partial charge in [-0.3, -0.25) is 9.59 Å². The predicted molar refractivity (Wildman–Crippen MR) is 72.5 cm³/mol. The Morgan fingerprint density at radius 2 is 2.25 bits per heavy atom. The molecule has 1 amide bonds. The van der Waals surface area contributed by atoms with Gasteiger partial charge in [-0.15, -0.1) is 11.8 Å². The topological polar surface area (TPSA) is 102 Å². The van der Waals surface area contributed by atoms with Gasteiger partial charge in [-0.2, -0.15) is 0 Å². The molecule has 9 heteroatoms. The van der Waals surface area contributed by atoms with E-state index in [-0.39, 0.29) is 28.3 Å². The summed E-state index contributed by atoms with van der Waals surface area (Å²) in [6.07, 6.45) is 1.13. The molecule has 0 aromatic carbocycles. The number of amides is 1. The molecule has 2 bridgehead atoms. The minimum absolute atomic E-state index is 0.0128. The molecule has 0 aromatic rings. The maximum absolute atomic E-state index is 11.8. The van der Waals surface area contributed by atoms with Gasteiger partial charge in [0.05, 0.1) is 11.3 Å². The third-order valence-corrected chi connectivity index (χ3v) is 7.60. The Balaban J connectivity index is 1.62. The van der Waals surface area contributed by atoms with Crippen LogP contribution in [0.5, 0.6) is 0 Å². The molecule has 0 radical (unpaired) electrons. The fraction of sp³-hybridized carbons (Fsp3) is 0.636. The van der Waals surface area contributed by atoms with Gasteiger partial charge in [-0.05, 0) is 12.5 Å². The van der Waals surface area contributed by atoms with E-state index in [4.69, 9.17) is 4.74 Å². The summed E-state index contributed by atoms with van der Waals surface area (Å²) < 4.78 is 31.6. The molecule has 3 aliphatic heterocycles. The van der Waals surface area contributed by atoms with Gasteiger partial charge in [-0.1, -0.05) is 6.58 Å². The van der Waals surface area contributed by atoms with Crippen molar-refractivity contribution in [1.29, 1.82) is 0 Å². The summed E-state index contributed by atoms with van der Waals surface area (Å²) >= 11 is 1.57. The number of nitrogens with one attached hydrogen (secondary N) is 2. The summed E-state index contributed by atoms with van der Waals surface area (Å²) in [4.78, 5) is 22.6. The van der Waals surface area contributed by atoms with Crippen molar-refractivity contribution in [2.75, 3.05) is 6.54 Å². The van der Waals surface area contributed by atoms with Crippen molar-refractivity contribution in [3.8, 4) is 0 Å². The quantitative estimate of drug-likeness (QED) is 0.496. The first kappa shape index (κ1) is 13.9. The number of ether oxygens (including phenoxy) is 1. The number of carbonyl (C=O) groups excluding carboxylic acids is 2. The highest BCUT2D eigenvalue weighted by molar-refractivity contribution is 8.03. The highest BCUT2D eigenvalue weighted by Gasteiger charge is 2.64. The Morgan fingerprint density at radius 1 is 1.50 bits per heavy atom. The number of carbonyl (C=O) groups is 2. The molecular formula is C11H14N2O5S2. The van der Waals surface area contributed by atoms with Crippen LogP contribution in [0.25, 0.3) is 0 Å². The molecule has 3 fully saturated rings. The Kier molecular flexibility index (Phi) is 3.30. The number of thioether (sulfide) groups is 1. The normalized spacial score (nSPS) is 39.5. The Morgan fingerprint density at radius 3 is 2.95 bits per heavy atom. The number of hydrogen-bond donors (Lipinski definition) is 2. The molecule has 0 saturated carbocycles. The first-order chi connectivity index (χ1) is 9.42. The smallest absolute Gasteiger partial charge is 0.325 e. The van der Waals surface area contributed by atoms with Crippen molar-refractivity contribution in [1.82, 2.24) is 10.0 Å². The van der Waals surface area contributed by atoms with Gasteiger partial charge >= 0.3 is 5.97 Å². The van der Waals surface area contributed by atoms with Gasteiger partial charge in [0.15, 0.2) is 0 Å². The Labute approximate surface area is 120 Å². The molecule has 20 heavy (non-hydrogen) atoms. The van der Waals surface area contributed by atoms with Crippen molar-refractivity contribution in [3.05, 3.63) is 12.7 Å². The van der Waals surface area contributed by atoms with E-state index >= 15 is 0 Å². The van der Waals surface area contributed by atoms with Crippen molar-refractivity contribution in [3.63, 3.8) is 0 Å². The van der Waals surface area contributed by atoms with E-state index in [1.54, 1.807) is 11.8 Å². The second-order valence-corrected chi connectivity index (χ2v) is 8.33. The van der Waals surface area contributed by atoms with Crippen LogP contribution in [-0.2, 0) is 24.3 Å². The van der Waals surface area contributed by atoms with Gasteiger partial charge in [0.2, 0.25) is 15.9 Å². The fourth-order valence-corrected chi connectivity index (χ4v) is 7.38. The number of hydrogen-bond acceptors (Lipinski definition) is 6. The SMILES string of the molecule is C=CC(=O)NCC(=O)OC1C2CC3C(S2)C1NS3(=O)=O. The van der Waals surface area contributed by atoms with Crippen molar-refractivity contribution < 1.29 is 22.7 Å². The monoisotopic (exact) mass is 318 g/mol. The number of sulfonamides is 1. The summed E-state index contributed by atoms with van der Waals surface area (Å²) in [6.45, 7) is 3.03. The molecule has 5 unspecified atom stereocenters. The molecule has 7 nitrogen and oxygen atoms in total. The molecule has 0 aromatic heterocycles. The van der Waals surface area contributed by atoms with Crippen LogP contribution in [0, 0.1) is 0 Å². The van der Waals surface area contributed by atoms with E-state index in [0.717, 1.165) is 6.08 Å². The lowest BCUT2D eigenvalue weighted by Crippen LogP contribution is -2.46. The van der Waals surface area contributed by atoms with Crippen LogP contribution in [0.1, 0.15) is 6.42 Å². The molecule has 3 heterocycles. The second kappa shape index (κ2) is 4.74. The first-order valence-electron chi connectivity index (χ1n) is 6.19. The molecule has 3 aliphatic rings. The fourth-order valence-electron chi connectivity index (χ4n) is 2.94. The van der Waals surface area contributed by atoms with E-state index < -0.39 is 28.0 Å². The molecule has 3 saturated heterocycles. The summed E-state index contributed by atoms with van der Waals surface area (Å²) in [5, 5.41) is 1.95. The van der Waals surface area contributed by atoms with Crippen LogP contribution in [0.3, 0.4) is 0 Å². The van der Waals surface area contributed by atoms with Crippen LogP contribution in [0.15, 0.2) is 12.7 Å². The zero-order chi connectivity index (χ0) is 14.5. The molecule has 5 atom stereocenters. The average Bonchev–Trinajstić information content (AvgIpc) is 3.00. The lowest BCUT2D eigenvalue weighted by atomic mass is 9.93. The van der Waals surface area contributed by atoms with Gasteiger partial charge < -0.3 is 10.1 Å². The minimum Gasteiger partial charge on any atom is -0.458 e. The molecular weight excluding hydrogens is 304 g/mol. The van der Waals surface area contributed by atoms with Crippen molar-refractivity contribution in [2.45, 2.75) is 34.3 Å². The van der Waals surface area contributed by atoms with Crippen molar-refractivity contribution in [2.24, 2.45) is 0 Å². The predicted octanol–water partition coefficient (Wildman–Crippen LogP) is -1.24. The second-order valence-electron chi connectivity index (χ2n) is 4.98. The van der Waals surface area contributed by atoms with E-state index in [0.29, 0.717) is 6.42 Å². The van der Waals surface area contributed by atoms with Gasteiger partial charge in [0, 0.05) is 10.5 Å². The first-order valence-corrected chi connectivity index (χ1v) is 8.67. The number of rotatable bonds is 4. The number of fused-ring (bicyclic) bond motifs is 1. The maximum Gasteiger partial charge on any atom is 0.325 e. The summed E-state index contributed by atoms with van der Waals surface area (Å²) in [5.41, 5.74) is 0. The zero-order valence-electron chi connectivity index (χ0n) is 10.4. The Hall–Kier alpha value is -1.06. The van der Waals surface area contributed by atoms with E-state index in [1.807, 2.05) is 0 Å². The zero-order valence-corrected chi connectivity index (χ0v) is 12.1. The van der Waals surface area contributed by atoms with Crippen LogP contribution in [-0.4, -0.2) is 54.7 Å². The molecule has 2 N–H and O–H groups in total. The number of esters is 1. The highest BCUT2D eigenvalue weighted by Crippen LogP contribution is 2.53. The van der Waals surface area contributed by atoms with Gasteiger partial charge in [0.25, 0.3) is 0 Å². The third-order valence-electron chi connectivity index (χ3n) is 3.80. The van der Waals surface area contributed by atoms with E-state index in [2.05, 4.69) is 16.6 Å². The standard InChI is InChI=1S/C11H14N2O5S2/c1-2-7(14)12-4-8(15)18-10-5-3-6-11(19-5)9(10)13-20(6,16)17/h2,5-6,9-11,13H,1,3-4H2,(H,12,14). The summed E-state index contributed by atoms with van der Waals surface area (Å²) in [7, 11) is -3.27. The highest BCUT2D eigenvalue weighted by atomic mass is 32.2. The third kappa shape index (κ3) is 2.13. The summed E-state index contributed by atoms with van der Waals surface area (Å²) in [6, 6.07) is -0.340. The molecule has 0 spiro atoms. The Bertz CT molecular complexity index is 575. The average molecular weight is 318 g/mol. The molecule has 3 rings (SSSR count). The lowest BCUT2D eigenvalue weighted by Gasteiger charge is -2.24. The maximum atomic E-state index is 11.8. The minimum atomic E-state index is -3.27. The van der Waals surface area contributed by atoms with Gasteiger partial charge in [0.1, 0.15) is 12.6 Å². The summed E-state index contributed by atoms with van der Waals surface area (Å²) in [5.74, 6) is -1.02. The van der Waals surface area contributed by atoms with Crippen LogP contribution < -0.4 is 10.0 Å². The largest absolute Gasteiger partial charge is 0.458 e. The van der Waals surface area contributed by atoms with Crippen LogP contribution in [0.4, 0.5) is 0 Å². The molecule has 110 valence electrons. The van der Waals surface area contributed by atoms with E-state index in [9.17, 15) is 18.0 Å².